The zero-order valence-corrected chi connectivity index (χ0v) is 13.4. The Kier molecular flexibility index (Phi) is 3.69. The molecule has 0 spiro atoms. The van der Waals surface area contributed by atoms with Crippen molar-refractivity contribution in [3.05, 3.63) is 68.0 Å². The van der Waals surface area contributed by atoms with E-state index in [-0.39, 0.29) is 11.7 Å². The van der Waals surface area contributed by atoms with Gasteiger partial charge in [-0.25, -0.2) is 4.79 Å². The third kappa shape index (κ3) is 2.54. The van der Waals surface area contributed by atoms with Crippen molar-refractivity contribution in [1.82, 2.24) is 15.3 Å². The van der Waals surface area contributed by atoms with Gasteiger partial charge in [-0.05, 0) is 42.8 Å². The van der Waals surface area contributed by atoms with Crippen molar-refractivity contribution in [3.8, 4) is 0 Å². The van der Waals surface area contributed by atoms with Crippen LogP contribution in [0.5, 0.6) is 0 Å². The molecule has 1 aromatic heterocycles. The average Bonchev–Trinajstić information content (AvgIpc) is 2.81. The van der Waals surface area contributed by atoms with Crippen LogP contribution < -0.4 is 11.0 Å². The molecule has 4 nitrogen and oxygen atoms in total. The average molecular weight is 346 g/mol. The number of hydrogen-bond donors (Lipinski definition) is 3. The van der Waals surface area contributed by atoms with Crippen molar-refractivity contribution >= 4 is 27.0 Å². The molecule has 2 aromatic carbocycles. The smallest absolute Gasteiger partial charge is 0.309 e. The summed E-state index contributed by atoms with van der Waals surface area (Å²) < 4.78 is 0.966. The number of imidazole rings is 1. The number of fused-ring (bicyclic) bond motifs is 1. The second-order valence-corrected chi connectivity index (χ2v) is 5.93. The molecule has 3 aromatic rings. The van der Waals surface area contributed by atoms with Crippen molar-refractivity contribution < 1.29 is 0 Å². The highest BCUT2D eigenvalue weighted by Crippen LogP contribution is 2.32. The molecule has 3 rings (SSSR count). The molecule has 0 amide bonds. The fraction of sp³-hybridized carbons (Fsp3) is 0.188. The van der Waals surface area contributed by atoms with E-state index in [9.17, 15) is 4.79 Å². The van der Waals surface area contributed by atoms with E-state index in [0.29, 0.717) is 0 Å². The number of benzene rings is 2. The van der Waals surface area contributed by atoms with Crippen molar-refractivity contribution in [2.75, 3.05) is 7.05 Å². The number of aryl methyl sites for hydroxylation is 1. The fourth-order valence-electron chi connectivity index (χ4n) is 2.68. The van der Waals surface area contributed by atoms with Gasteiger partial charge < -0.3 is 15.3 Å². The summed E-state index contributed by atoms with van der Waals surface area (Å²) in [6.07, 6.45) is 0. The van der Waals surface area contributed by atoms with Gasteiger partial charge in [0, 0.05) is 4.47 Å². The van der Waals surface area contributed by atoms with Crippen LogP contribution in [0.1, 0.15) is 22.7 Å². The van der Waals surface area contributed by atoms with Gasteiger partial charge in [-0.15, -0.1) is 0 Å². The number of H-pyrrole nitrogens is 2. The molecule has 5 heteroatoms. The number of aromatic nitrogens is 2. The third-order valence-corrected chi connectivity index (χ3v) is 4.42. The van der Waals surface area contributed by atoms with E-state index in [1.54, 1.807) is 0 Å². The van der Waals surface area contributed by atoms with Gasteiger partial charge in [0.1, 0.15) is 0 Å². The summed E-state index contributed by atoms with van der Waals surface area (Å²) in [4.78, 5) is 17.0. The first-order valence-electron chi connectivity index (χ1n) is 6.74. The van der Waals surface area contributed by atoms with Crippen LogP contribution in [0.15, 0.2) is 45.7 Å². The minimum absolute atomic E-state index is 0.0587. The zero-order chi connectivity index (χ0) is 15.0. The minimum Gasteiger partial charge on any atom is -0.309 e. The first-order chi connectivity index (χ1) is 10.1. The first kappa shape index (κ1) is 14.1. The lowest BCUT2D eigenvalue weighted by Crippen LogP contribution is -2.19. The maximum Gasteiger partial charge on any atom is 0.323 e. The van der Waals surface area contributed by atoms with Gasteiger partial charge in [-0.2, -0.15) is 0 Å². The van der Waals surface area contributed by atoms with Crippen LogP contribution >= 0.6 is 15.9 Å². The Hall–Kier alpha value is -1.85. The maximum absolute atomic E-state index is 11.4. The van der Waals surface area contributed by atoms with E-state index >= 15 is 0 Å². The number of rotatable bonds is 3. The zero-order valence-electron chi connectivity index (χ0n) is 11.8. The summed E-state index contributed by atoms with van der Waals surface area (Å²) in [5.41, 5.74) is 4.96. The van der Waals surface area contributed by atoms with Gasteiger partial charge in [0.15, 0.2) is 0 Å². The minimum atomic E-state index is -0.189. The van der Waals surface area contributed by atoms with E-state index in [4.69, 9.17) is 0 Å². The lowest BCUT2D eigenvalue weighted by molar-refractivity contribution is 0.685. The largest absolute Gasteiger partial charge is 0.323 e. The molecule has 1 heterocycles. The number of nitrogens with one attached hydrogen (secondary N) is 3. The van der Waals surface area contributed by atoms with Gasteiger partial charge in [-0.3, -0.25) is 0 Å². The normalized spacial score (nSPS) is 12.7. The lowest BCUT2D eigenvalue weighted by atomic mass is 9.95. The highest BCUT2D eigenvalue weighted by atomic mass is 79.9. The predicted octanol–water partition coefficient (Wildman–Crippen LogP) is 3.24. The predicted molar refractivity (Wildman–Crippen MR) is 88.7 cm³/mol. The third-order valence-electron chi connectivity index (χ3n) is 3.73. The quantitative estimate of drug-likeness (QED) is 0.682. The molecule has 0 bridgehead atoms. The molecule has 0 aliphatic heterocycles. The Labute approximate surface area is 130 Å². The van der Waals surface area contributed by atoms with Crippen molar-refractivity contribution in [2.24, 2.45) is 0 Å². The molecule has 0 fully saturated rings. The molecule has 0 radical (unpaired) electrons. The summed E-state index contributed by atoms with van der Waals surface area (Å²) in [6.45, 7) is 2.10. The molecule has 3 N–H and O–H groups in total. The van der Waals surface area contributed by atoms with Crippen molar-refractivity contribution in [1.29, 1.82) is 0 Å². The highest BCUT2D eigenvalue weighted by molar-refractivity contribution is 9.10. The van der Waals surface area contributed by atoms with Crippen LogP contribution in [-0.4, -0.2) is 17.0 Å². The van der Waals surface area contributed by atoms with Crippen molar-refractivity contribution in [3.63, 3.8) is 0 Å². The SMILES string of the molecule is CNC(c1ccccc1C)c1cc2[nH]c(=O)[nH]c2cc1Br. The summed E-state index contributed by atoms with van der Waals surface area (Å²) in [5, 5.41) is 3.36. The Bertz CT molecular complexity index is 850. The Morgan fingerprint density at radius 1 is 1.10 bits per heavy atom. The Morgan fingerprint density at radius 2 is 1.76 bits per heavy atom. The van der Waals surface area contributed by atoms with Crippen LogP contribution in [0.4, 0.5) is 0 Å². The molecule has 0 aliphatic rings. The highest BCUT2D eigenvalue weighted by Gasteiger charge is 2.18. The van der Waals surface area contributed by atoms with Crippen LogP contribution in [0.2, 0.25) is 0 Å². The molecular formula is C16H16BrN3O. The van der Waals surface area contributed by atoms with Crippen LogP contribution in [0.25, 0.3) is 11.0 Å². The van der Waals surface area contributed by atoms with E-state index in [1.807, 2.05) is 31.3 Å². The van der Waals surface area contributed by atoms with Gasteiger partial charge in [0.05, 0.1) is 17.1 Å². The molecule has 1 unspecified atom stereocenters. The lowest BCUT2D eigenvalue weighted by Gasteiger charge is -2.20. The Morgan fingerprint density at radius 3 is 2.43 bits per heavy atom. The van der Waals surface area contributed by atoms with Gasteiger partial charge in [-0.1, -0.05) is 40.2 Å². The van der Waals surface area contributed by atoms with Gasteiger partial charge >= 0.3 is 5.69 Å². The van der Waals surface area contributed by atoms with E-state index in [1.165, 1.54) is 11.1 Å². The Balaban J connectivity index is 2.19. The second kappa shape index (κ2) is 5.50. The molecule has 0 aliphatic carbocycles. The molecule has 0 saturated heterocycles. The molecular weight excluding hydrogens is 330 g/mol. The molecule has 108 valence electrons. The first-order valence-corrected chi connectivity index (χ1v) is 7.53. The summed E-state index contributed by atoms with van der Waals surface area (Å²) in [5.74, 6) is 0. The summed E-state index contributed by atoms with van der Waals surface area (Å²) in [7, 11) is 1.94. The van der Waals surface area contributed by atoms with Gasteiger partial charge in [0.25, 0.3) is 0 Å². The topological polar surface area (TPSA) is 60.7 Å². The van der Waals surface area contributed by atoms with Gasteiger partial charge in [0.2, 0.25) is 0 Å². The van der Waals surface area contributed by atoms with E-state index < -0.39 is 0 Å². The number of halogens is 1. The molecule has 1 atom stereocenters. The van der Waals surface area contributed by atoms with Crippen LogP contribution in [0.3, 0.4) is 0 Å². The standard InChI is InChI=1S/C16H16BrN3O/c1-9-5-3-4-6-10(9)15(18-2)11-7-13-14(8-12(11)17)20-16(21)19-13/h3-8,15,18H,1-2H3,(H2,19,20,21). The maximum atomic E-state index is 11.4. The number of hydrogen-bond acceptors (Lipinski definition) is 2. The van der Waals surface area contributed by atoms with E-state index in [2.05, 4.69) is 50.3 Å². The molecule has 0 saturated carbocycles. The fourth-order valence-corrected chi connectivity index (χ4v) is 3.26. The number of aromatic amines is 2. The summed E-state index contributed by atoms with van der Waals surface area (Å²) in [6, 6.07) is 12.3. The van der Waals surface area contributed by atoms with E-state index in [0.717, 1.165) is 21.1 Å². The summed E-state index contributed by atoms with van der Waals surface area (Å²) >= 11 is 3.61. The van der Waals surface area contributed by atoms with Crippen molar-refractivity contribution in [2.45, 2.75) is 13.0 Å². The van der Waals surface area contributed by atoms with Crippen LogP contribution in [0, 0.1) is 6.92 Å². The monoisotopic (exact) mass is 345 g/mol. The van der Waals surface area contributed by atoms with Crippen LogP contribution in [-0.2, 0) is 0 Å². The second-order valence-electron chi connectivity index (χ2n) is 5.08. The molecule has 21 heavy (non-hydrogen) atoms.